The molecular formula is C22H15BrClN3O6. The molecule has 0 radical (unpaired) electrons. The summed E-state index contributed by atoms with van der Waals surface area (Å²) < 4.78 is 11.4. The summed E-state index contributed by atoms with van der Waals surface area (Å²) in [5, 5.41) is 15.3. The van der Waals surface area contributed by atoms with Gasteiger partial charge >= 0.3 is 5.97 Å². The Balaban J connectivity index is 1.85. The van der Waals surface area contributed by atoms with Gasteiger partial charge in [0.2, 0.25) is 0 Å². The van der Waals surface area contributed by atoms with Gasteiger partial charge in [0.1, 0.15) is 17.1 Å². The van der Waals surface area contributed by atoms with E-state index in [1.165, 1.54) is 31.4 Å². The molecule has 0 aromatic heterocycles. The summed E-state index contributed by atoms with van der Waals surface area (Å²) in [5.74, 6) is -1.07. The van der Waals surface area contributed by atoms with Crippen molar-refractivity contribution < 1.29 is 24.0 Å². The predicted molar refractivity (Wildman–Crippen MR) is 125 cm³/mol. The lowest BCUT2D eigenvalue weighted by molar-refractivity contribution is -0.384. The van der Waals surface area contributed by atoms with Crippen LogP contribution in [0.25, 0.3) is 0 Å². The van der Waals surface area contributed by atoms with E-state index in [4.69, 9.17) is 21.1 Å². The van der Waals surface area contributed by atoms with Crippen LogP contribution in [0.4, 0.5) is 5.69 Å². The van der Waals surface area contributed by atoms with Gasteiger partial charge in [0, 0.05) is 32.8 Å². The molecule has 1 N–H and O–H groups in total. The van der Waals surface area contributed by atoms with Crippen LogP contribution < -0.4 is 14.9 Å². The van der Waals surface area contributed by atoms with Crippen molar-refractivity contribution in [3.63, 3.8) is 0 Å². The van der Waals surface area contributed by atoms with E-state index in [1.807, 2.05) is 0 Å². The van der Waals surface area contributed by atoms with Crippen molar-refractivity contribution >= 4 is 51.3 Å². The summed E-state index contributed by atoms with van der Waals surface area (Å²) >= 11 is 9.24. The second kappa shape index (κ2) is 10.7. The number of nitrogens with zero attached hydrogens (tertiary/aromatic N) is 2. The number of halogens is 2. The van der Waals surface area contributed by atoms with Gasteiger partial charge in [0.15, 0.2) is 0 Å². The maximum atomic E-state index is 12.7. The lowest BCUT2D eigenvalue weighted by Crippen LogP contribution is -2.17. The molecule has 1 amide bonds. The first-order valence-corrected chi connectivity index (χ1v) is 10.4. The number of methoxy groups -OCH3 is 1. The smallest absolute Gasteiger partial charge is 0.347 e. The minimum Gasteiger partial charge on any atom is -0.496 e. The standard InChI is InChI=1S/C22H15BrClN3O6/c1-32-20-8-6-16(24)11-18(20)22(29)33-19-9-7-17(27(30)31)10-14(19)12-25-26-21(28)13-2-4-15(23)5-3-13/h2-12H,1H3,(H,26,28)/b25-12+. The van der Waals surface area contributed by atoms with Gasteiger partial charge in [-0.2, -0.15) is 5.10 Å². The van der Waals surface area contributed by atoms with E-state index in [0.29, 0.717) is 10.6 Å². The zero-order valence-corrected chi connectivity index (χ0v) is 19.3. The first-order valence-electron chi connectivity index (χ1n) is 9.21. The van der Waals surface area contributed by atoms with Crippen LogP contribution in [-0.2, 0) is 0 Å². The largest absolute Gasteiger partial charge is 0.496 e. The Bertz CT molecular complexity index is 1250. The highest BCUT2D eigenvalue weighted by Crippen LogP contribution is 2.27. The van der Waals surface area contributed by atoms with Crippen molar-refractivity contribution in [1.82, 2.24) is 5.43 Å². The number of amides is 1. The normalized spacial score (nSPS) is 10.6. The number of carbonyl (C=O) groups excluding carboxylic acids is 2. The molecule has 9 nitrogen and oxygen atoms in total. The summed E-state index contributed by atoms with van der Waals surface area (Å²) in [4.78, 5) is 35.5. The van der Waals surface area contributed by atoms with Crippen molar-refractivity contribution in [2.24, 2.45) is 5.10 Å². The fraction of sp³-hybridized carbons (Fsp3) is 0.0455. The van der Waals surface area contributed by atoms with Crippen molar-refractivity contribution in [1.29, 1.82) is 0 Å². The number of carbonyl (C=O) groups is 2. The molecular weight excluding hydrogens is 518 g/mol. The van der Waals surface area contributed by atoms with Gasteiger partial charge in [0.05, 0.1) is 18.2 Å². The quantitative estimate of drug-likeness (QED) is 0.150. The van der Waals surface area contributed by atoms with Crippen molar-refractivity contribution in [2.45, 2.75) is 0 Å². The maximum absolute atomic E-state index is 12.7. The van der Waals surface area contributed by atoms with Gasteiger partial charge in [-0.05, 0) is 48.5 Å². The Morgan fingerprint density at radius 1 is 1.09 bits per heavy atom. The Morgan fingerprint density at radius 3 is 2.45 bits per heavy atom. The van der Waals surface area contributed by atoms with E-state index in [-0.39, 0.29) is 28.3 Å². The summed E-state index contributed by atoms with van der Waals surface area (Å²) in [7, 11) is 1.39. The molecule has 3 aromatic rings. The fourth-order valence-corrected chi connectivity index (χ4v) is 3.10. The second-order valence-corrected chi connectivity index (χ2v) is 7.77. The van der Waals surface area contributed by atoms with Crippen LogP contribution in [0.15, 0.2) is 70.2 Å². The van der Waals surface area contributed by atoms with E-state index in [1.54, 1.807) is 30.3 Å². The lowest BCUT2D eigenvalue weighted by atomic mass is 10.1. The van der Waals surface area contributed by atoms with Crippen LogP contribution in [0.1, 0.15) is 26.3 Å². The maximum Gasteiger partial charge on any atom is 0.347 e. The Labute approximate surface area is 201 Å². The van der Waals surface area contributed by atoms with Crippen LogP contribution in [0, 0.1) is 10.1 Å². The zero-order chi connectivity index (χ0) is 24.0. The molecule has 11 heteroatoms. The van der Waals surface area contributed by atoms with Gasteiger partial charge in [-0.15, -0.1) is 0 Å². The number of nitrogens with one attached hydrogen (secondary N) is 1. The first-order chi connectivity index (χ1) is 15.8. The van der Waals surface area contributed by atoms with Crippen LogP contribution in [0.2, 0.25) is 5.02 Å². The number of hydrogen-bond acceptors (Lipinski definition) is 7. The average Bonchev–Trinajstić information content (AvgIpc) is 2.80. The summed E-state index contributed by atoms with van der Waals surface area (Å²) in [6.45, 7) is 0. The second-order valence-electron chi connectivity index (χ2n) is 6.42. The SMILES string of the molecule is COc1ccc(Cl)cc1C(=O)Oc1ccc([N+](=O)[O-])cc1/C=N/NC(=O)c1ccc(Br)cc1. The number of hydrazone groups is 1. The van der Waals surface area contributed by atoms with Gasteiger partial charge in [-0.25, -0.2) is 10.2 Å². The van der Waals surface area contributed by atoms with E-state index in [2.05, 4.69) is 26.5 Å². The predicted octanol–water partition coefficient (Wildman–Crippen LogP) is 5.00. The molecule has 0 aliphatic rings. The molecule has 33 heavy (non-hydrogen) atoms. The minimum atomic E-state index is -0.795. The molecule has 0 aliphatic heterocycles. The Morgan fingerprint density at radius 2 is 1.79 bits per heavy atom. The van der Waals surface area contributed by atoms with Crippen LogP contribution in [0.3, 0.4) is 0 Å². The van der Waals surface area contributed by atoms with Gasteiger partial charge < -0.3 is 9.47 Å². The van der Waals surface area contributed by atoms with E-state index in [9.17, 15) is 19.7 Å². The number of non-ortho nitro benzene ring substituents is 1. The molecule has 0 saturated heterocycles. The highest BCUT2D eigenvalue weighted by Gasteiger charge is 2.18. The third-order valence-electron chi connectivity index (χ3n) is 4.26. The molecule has 0 atom stereocenters. The third kappa shape index (κ3) is 6.15. The number of hydrogen-bond donors (Lipinski definition) is 1. The number of nitro benzene ring substituents is 1. The average molecular weight is 533 g/mol. The number of rotatable bonds is 7. The number of benzene rings is 3. The van der Waals surface area contributed by atoms with Gasteiger partial charge in [-0.3, -0.25) is 14.9 Å². The van der Waals surface area contributed by atoms with E-state index < -0.39 is 16.8 Å². The first kappa shape index (κ1) is 23.9. The van der Waals surface area contributed by atoms with Gasteiger partial charge in [-0.1, -0.05) is 27.5 Å². The molecule has 3 aromatic carbocycles. The molecule has 0 saturated carbocycles. The van der Waals surface area contributed by atoms with Crippen LogP contribution in [0.5, 0.6) is 11.5 Å². The van der Waals surface area contributed by atoms with Crippen molar-refractivity contribution in [2.75, 3.05) is 7.11 Å². The molecule has 0 bridgehead atoms. The monoisotopic (exact) mass is 531 g/mol. The number of ether oxygens (including phenoxy) is 2. The van der Waals surface area contributed by atoms with Gasteiger partial charge in [0.25, 0.3) is 11.6 Å². The zero-order valence-electron chi connectivity index (χ0n) is 17.0. The summed E-state index contributed by atoms with van der Waals surface area (Å²) in [6, 6.07) is 14.6. The Hall–Kier alpha value is -3.76. The van der Waals surface area contributed by atoms with Crippen molar-refractivity contribution in [3.8, 4) is 11.5 Å². The minimum absolute atomic E-state index is 0.0192. The summed E-state index contributed by atoms with van der Waals surface area (Å²) in [5.41, 5.74) is 2.58. The Kier molecular flexibility index (Phi) is 7.75. The molecule has 0 fully saturated rings. The van der Waals surface area contributed by atoms with Crippen LogP contribution >= 0.6 is 27.5 Å². The molecule has 3 rings (SSSR count). The number of nitro groups is 1. The topological polar surface area (TPSA) is 120 Å². The molecule has 0 unspecified atom stereocenters. The molecule has 168 valence electrons. The third-order valence-corrected chi connectivity index (χ3v) is 5.03. The molecule has 0 spiro atoms. The fourth-order valence-electron chi connectivity index (χ4n) is 2.66. The van der Waals surface area contributed by atoms with E-state index in [0.717, 1.165) is 16.8 Å². The highest BCUT2D eigenvalue weighted by atomic mass is 79.9. The lowest BCUT2D eigenvalue weighted by Gasteiger charge is -2.10. The highest BCUT2D eigenvalue weighted by molar-refractivity contribution is 9.10. The summed E-state index contributed by atoms with van der Waals surface area (Å²) in [6.07, 6.45) is 1.14. The molecule has 0 heterocycles. The number of esters is 1. The van der Waals surface area contributed by atoms with Crippen LogP contribution in [-0.4, -0.2) is 30.1 Å². The molecule has 0 aliphatic carbocycles. The van der Waals surface area contributed by atoms with Crippen molar-refractivity contribution in [3.05, 3.63) is 97.0 Å². The van der Waals surface area contributed by atoms with E-state index >= 15 is 0 Å².